The second-order valence-electron chi connectivity index (χ2n) is 9.29. The van der Waals surface area contributed by atoms with Crippen LogP contribution in [-0.2, 0) is 22.6 Å². The Labute approximate surface area is 170 Å². The van der Waals surface area contributed by atoms with E-state index in [1.54, 1.807) is 0 Å². The van der Waals surface area contributed by atoms with Crippen LogP contribution in [0.1, 0.15) is 64.2 Å². The molecule has 0 aliphatic heterocycles. The summed E-state index contributed by atoms with van der Waals surface area (Å²) in [5.41, 5.74) is 3.32. The molecule has 1 aliphatic rings. The highest BCUT2D eigenvalue weighted by Crippen LogP contribution is 2.35. The monoisotopic (exact) mass is 384 g/mol. The van der Waals surface area contributed by atoms with Crippen LogP contribution in [0.4, 0.5) is 0 Å². The highest BCUT2D eigenvalue weighted by Gasteiger charge is 2.34. The van der Waals surface area contributed by atoms with Gasteiger partial charge in [-0.2, -0.15) is 13.5 Å². The summed E-state index contributed by atoms with van der Waals surface area (Å²) in [6.07, 6.45) is 7.32. The van der Waals surface area contributed by atoms with Gasteiger partial charge >= 0.3 is 5.97 Å². The fourth-order valence-electron chi connectivity index (χ4n) is 4.24. The minimum Gasteiger partial charge on any atom is -0.460 e. The molecule has 0 radical (unpaired) electrons. The summed E-state index contributed by atoms with van der Waals surface area (Å²) in [6, 6.07) is 10.7. The lowest BCUT2D eigenvalue weighted by Crippen LogP contribution is -2.31. The lowest BCUT2D eigenvalue weighted by molar-refractivity contribution is -0.157. The van der Waals surface area contributed by atoms with Crippen molar-refractivity contribution in [3.8, 4) is 0 Å². The number of hydrogen-bond donors (Lipinski definition) is 0. The highest BCUT2D eigenvalue weighted by molar-refractivity contribution is 7.59. The molecule has 3 rings (SSSR count). The Morgan fingerprint density at radius 2 is 1.81 bits per heavy atom. The number of allylic oxidation sites excluding steroid dienone is 1. The fourth-order valence-corrected chi connectivity index (χ4v) is 4.24. The molecule has 2 aromatic carbocycles. The van der Waals surface area contributed by atoms with E-state index in [0.717, 1.165) is 24.8 Å². The van der Waals surface area contributed by atoms with Gasteiger partial charge in [0.25, 0.3) is 0 Å². The van der Waals surface area contributed by atoms with Crippen molar-refractivity contribution >= 4 is 36.3 Å². The highest BCUT2D eigenvalue weighted by atomic mass is 32.1. The summed E-state index contributed by atoms with van der Waals surface area (Å²) >= 11 is 0. The van der Waals surface area contributed by atoms with Gasteiger partial charge in [0, 0.05) is 5.56 Å². The number of carbonyl (C=O) groups is 1. The van der Waals surface area contributed by atoms with E-state index < -0.39 is 5.41 Å². The zero-order valence-electron chi connectivity index (χ0n) is 17.2. The van der Waals surface area contributed by atoms with Crippen LogP contribution in [0.2, 0.25) is 0 Å². The van der Waals surface area contributed by atoms with Gasteiger partial charge in [0.05, 0.1) is 5.41 Å². The first-order chi connectivity index (χ1) is 12.2. The first kappa shape index (κ1) is 21.6. The molecule has 2 nitrogen and oxygen atoms in total. The van der Waals surface area contributed by atoms with Gasteiger partial charge in [0.15, 0.2) is 0 Å². The van der Waals surface area contributed by atoms with E-state index in [0.29, 0.717) is 6.61 Å². The second-order valence-corrected chi connectivity index (χ2v) is 9.29. The summed E-state index contributed by atoms with van der Waals surface area (Å²) in [7, 11) is 0. The lowest BCUT2D eigenvalue weighted by Gasteiger charge is -2.30. The third kappa shape index (κ3) is 4.95. The molecular weight excluding hydrogens is 352 g/mol. The molecule has 2 aromatic rings. The number of esters is 1. The molecule has 0 unspecified atom stereocenters. The third-order valence-corrected chi connectivity index (χ3v) is 5.02. The largest absolute Gasteiger partial charge is 0.460 e. The van der Waals surface area contributed by atoms with E-state index in [4.69, 9.17) is 4.74 Å². The molecule has 0 bridgehead atoms. The molecule has 0 heterocycles. The molecule has 1 aliphatic carbocycles. The summed E-state index contributed by atoms with van der Waals surface area (Å²) in [5.74, 6) is -0.117. The van der Waals surface area contributed by atoms with Crippen molar-refractivity contribution in [3.63, 3.8) is 0 Å². The number of carbonyl (C=O) groups excluding carboxylic acids is 1. The molecule has 0 spiro atoms. The molecule has 0 saturated heterocycles. The van der Waals surface area contributed by atoms with Crippen LogP contribution in [0, 0.1) is 10.8 Å². The van der Waals surface area contributed by atoms with Crippen LogP contribution in [0.15, 0.2) is 36.4 Å². The predicted octanol–water partition coefficient (Wildman–Crippen LogP) is 6.42. The van der Waals surface area contributed by atoms with E-state index in [-0.39, 0.29) is 24.9 Å². The number of ether oxygens (including phenoxy) is 1. The van der Waals surface area contributed by atoms with Gasteiger partial charge in [0.1, 0.15) is 6.61 Å². The van der Waals surface area contributed by atoms with Crippen LogP contribution in [0.5, 0.6) is 0 Å². The van der Waals surface area contributed by atoms with Crippen molar-refractivity contribution in [1.29, 1.82) is 0 Å². The van der Waals surface area contributed by atoms with Crippen molar-refractivity contribution in [1.82, 2.24) is 0 Å². The molecular formula is C24H32O2S. The molecule has 0 fully saturated rings. The van der Waals surface area contributed by atoms with Crippen molar-refractivity contribution in [2.24, 2.45) is 10.8 Å². The van der Waals surface area contributed by atoms with Gasteiger partial charge in [-0.15, -0.1) is 0 Å². The molecule has 146 valence electrons. The molecule has 27 heavy (non-hydrogen) atoms. The fraction of sp³-hybridized carbons (Fsp3) is 0.458. The maximum atomic E-state index is 12.8. The molecule has 0 amide bonds. The average Bonchev–Trinajstić information content (AvgIpc) is 2.56. The normalized spacial score (nSPS) is 13.8. The molecule has 3 heteroatoms. The van der Waals surface area contributed by atoms with Crippen LogP contribution < -0.4 is 0 Å². The van der Waals surface area contributed by atoms with E-state index in [2.05, 4.69) is 63.3 Å². The molecule has 0 N–H and O–H groups in total. The van der Waals surface area contributed by atoms with E-state index in [9.17, 15) is 4.79 Å². The van der Waals surface area contributed by atoms with E-state index in [1.165, 1.54) is 21.9 Å². The van der Waals surface area contributed by atoms with Gasteiger partial charge in [-0.3, -0.25) is 4.79 Å². The summed E-state index contributed by atoms with van der Waals surface area (Å²) < 4.78 is 5.84. The van der Waals surface area contributed by atoms with E-state index >= 15 is 0 Å². The number of hydrogen-bond acceptors (Lipinski definition) is 2. The molecule has 0 atom stereocenters. The van der Waals surface area contributed by atoms with E-state index in [1.807, 2.05) is 13.8 Å². The molecule has 0 saturated carbocycles. The number of rotatable bonds is 4. The standard InChI is InChI=1S/C24H30O2.H2S/c1-23(2,3)16-24(4,5)22(25)26-15-21-19-12-8-6-10-17(19)14-18-11-7-9-13-20(18)21;/h6,8-10,12-14H,7,11,15-16H2,1-5H3;1H2. The van der Waals surface area contributed by atoms with Crippen LogP contribution in [-0.4, -0.2) is 5.97 Å². The van der Waals surface area contributed by atoms with Crippen LogP contribution in [0.3, 0.4) is 0 Å². The first-order valence-electron chi connectivity index (χ1n) is 9.55. The Bertz CT molecular complexity index is 857. The minimum atomic E-state index is -0.487. The summed E-state index contributed by atoms with van der Waals surface area (Å²) in [4.78, 5) is 12.8. The van der Waals surface area contributed by atoms with Crippen molar-refractivity contribution in [2.45, 2.75) is 60.5 Å². The SMILES string of the molecule is CC(C)(C)CC(C)(C)C(=O)OCc1c2c(cc3ccccc13)CCC=C2.S. The average molecular weight is 385 g/mol. The zero-order valence-corrected chi connectivity index (χ0v) is 18.2. The number of aryl methyl sites for hydroxylation is 1. The Morgan fingerprint density at radius 1 is 1.11 bits per heavy atom. The van der Waals surface area contributed by atoms with Crippen LogP contribution in [0.25, 0.3) is 16.8 Å². The van der Waals surface area contributed by atoms with Gasteiger partial charge < -0.3 is 4.74 Å². The lowest BCUT2D eigenvalue weighted by atomic mass is 9.76. The quantitative estimate of drug-likeness (QED) is 0.569. The van der Waals surface area contributed by atoms with Gasteiger partial charge in [-0.05, 0) is 60.4 Å². The van der Waals surface area contributed by atoms with Crippen molar-refractivity contribution < 1.29 is 9.53 Å². The first-order valence-corrected chi connectivity index (χ1v) is 9.55. The van der Waals surface area contributed by atoms with Gasteiger partial charge in [-0.1, -0.05) is 63.3 Å². The Balaban J connectivity index is 0.00000261. The minimum absolute atomic E-state index is 0. The van der Waals surface area contributed by atoms with Gasteiger partial charge in [-0.25, -0.2) is 0 Å². The third-order valence-electron chi connectivity index (χ3n) is 5.02. The maximum Gasteiger partial charge on any atom is 0.311 e. The molecule has 0 aromatic heterocycles. The van der Waals surface area contributed by atoms with Crippen molar-refractivity contribution in [2.75, 3.05) is 0 Å². The number of benzene rings is 2. The van der Waals surface area contributed by atoms with Gasteiger partial charge in [0.2, 0.25) is 0 Å². The van der Waals surface area contributed by atoms with Crippen molar-refractivity contribution in [3.05, 3.63) is 53.1 Å². The Hall–Kier alpha value is -1.74. The Kier molecular flexibility index (Phi) is 6.47. The Morgan fingerprint density at radius 3 is 2.52 bits per heavy atom. The number of fused-ring (bicyclic) bond motifs is 2. The predicted molar refractivity (Wildman–Crippen MR) is 119 cm³/mol. The maximum absolute atomic E-state index is 12.8. The zero-order chi connectivity index (χ0) is 18.9. The topological polar surface area (TPSA) is 26.3 Å². The second kappa shape index (κ2) is 8.10. The summed E-state index contributed by atoms with van der Waals surface area (Å²) in [5, 5.41) is 2.40. The van der Waals surface area contributed by atoms with Crippen LogP contribution >= 0.6 is 13.5 Å². The summed E-state index contributed by atoms with van der Waals surface area (Å²) in [6.45, 7) is 10.8. The smallest absolute Gasteiger partial charge is 0.311 e.